The third-order valence-corrected chi connectivity index (χ3v) is 2.80. The number of aromatic amines is 1. The van der Waals surface area contributed by atoms with Crippen molar-refractivity contribution >= 4 is 43.9 Å². The topological polar surface area (TPSA) is 45.8 Å². The summed E-state index contributed by atoms with van der Waals surface area (Å²) in [6, 6.07) is 3.34. The Morgan fingerprint density at radius 3 is 2.81 bits per heavy atom. The van der Waals surface area contributed by atoms with E-state index in [0.29, 0.717) is 22.1 Å². The zero-order valence-electron chi connectivity index (χ0n) is 8.38. The molecule has 2 aromatic rings. The maximum absolute atomic E-state index is 13.7. The summed E-state index contributed by atoms with van der Waals surface area (Å²) in [6.45, 7) is 1.59. The van der Waals surface area contributed by atoms with E-state index in [4.69, 9.17) is 0 Å². The zero-order valence-corrected chi connectivity index (χ0v) is 11.7. The number of nitrogens with one attached hydrogen (secondary N) is 1. The molecule has 1 heterocycles. The van der Waals surface area contributed by atoms with E-state index in [0.717, 1.165) is 0 Å². The molecule has 1 aromatic carbocycles. The molecule has 0 radical (unpaired) electrons. The molecular weight excluding hydrogens is 343 g/mol. The predicted octanol–water partition coefficient (Wildman–Crippen LogP) is 2.84. The number of rotatable bonds is 1. The fourth-order valence-corrected chi connectivity index (χ4v) is 1.79. The standard InChI is InChI=1S/C10H8BrFN2O.BrH/c1-5-10(15)14-9-7(13-5)3-2-6(4-11)8(9)12;/h2-3H,4H2,1H3,(H,14,15);1H. The fourth-order valence-electron chi connectivity index (χ4n) is 1.36. The van der Waals surface area contributed by atoms with Crippen LogP contribution in [0.5, 0.6) is 0 Å². The lowest BCUT2D eigenvalue weighted by molar-refractivity contribution is 0.626. The van der Waals surface area contributed by atoms with Gasteiger partial charge in [0, 0.05) is 10.9 Å². The van der Waals surface area contributed by atoms with Crippen LogP contribution in [0.2, 0.25) is 0 Å². The first-order valence-electron chi connectivity index (χ1n) is 4.37. The molecule has 0 aliphatic heterocycles. The molecule has 0 aliphatic rings. The predicted molar refractivity (Wildman–Crippen MR) is 70.0 cm³/mol. The first-order chi connectivity index (χ1) is 7.13. The Kier molecular flexibility index (Phi) is 4.21. The summed E-state index contributed by atoms with van der Waals surface area (Å²) in [5, 5.41) is 0.407. The minimum absolute atomic E-state index is 0. The SMILES string of the molecule is Br.Cc1nc2ccc(CBr)c(F)c2[nH]c1=O. The summed E-state index contributed by atoms with van der Waals surface area (Å²) in [5.41, 5.74) is 1.13. The van der Waals surface area contributed by atoms with E-state index in [9.17, 15) is 9.18 Å². The Morgan fingerprint density at radius 2 is 2.19 bits per heavy atom. The van der Waals surface area contributed by atoms with Gasteiger partial charge in [-0.1, -0.05) is 22.0 Å². The van der Waals surface area contributed by atoms with Crippen LogP contribution >= 0.6 is 32.9 Å². The maximum atomic E-state index is 13.7. The van der Waals surface area contributed by atoms with Crippen molar-refractivity contribution in [2.45, 2.75) is 12.3 Å². The Hall–Kier alpha value is -0.750. The van der Waals surface area contributed by atoms with Gasteiger partial charge in [-0.05, 0) is 13.0 Å². The second kappa shape index (κ2) is 5.05. The van der Waals surface area contributed by atoms with E-state index in [1.807, 2.05) is 0 Å². The highest BCUT2D eigenvalue weighted by Gasteiger charge is 2.09. The Bertz CT molecular complexity index is 583. The highest BCUT2D eigenvalue weighted by Crippen LogP contribution is 2.18. The zero-order chi connectivity index (χ0) is 11.0. The molecule has 0 amide bonds. The van der Waals surface area contributed by atoms with Crippen LogP contribution < -0.4 is 5.56 Å². The number of H-pyrrole nitrogens is 1. The van der Waals surface area contributed by atoms with Gasteiger partial charge in [-0.15, -0.1) is 17.0 Å². The molecule has 0 saturated heterocycles. The average molecular weight is 352 g/mol. The lowest BCUT2D eigenvalue weighted by Crippen LogP contribution is -2.12. The van der Waals surface area contributed by atoms with Gasteiger partial charge in [0.25, 0.3) is 5.56 Å². The first-order valence-corrected chi connectivity index (χ1v) is 5.49. The molecule has 0 spiro atoms. The van der Waals surface area contributed by atoms with E-state index in [2.05, 4.69) is 25.9 Å². The van der Waals surface area contributed by atoms with Crippen LogP contribution in [0.1, 0.15) is 11.3 Å². The lowest BCUT2D eigenvalue weighted by Gasteiger charge is -2.03. The van der Waals surface area contributed by atoms with Crippen LogP contribution in [0.25, 0.3) is 11.0 Å². The lowest BCUT2D eigenvalue weighted by atomic mass is 10.2. The number of nitrogens with zero attached hydrogens (tertiary/aromatic N) is 1. The van der Waals surface area contributed by atoms with Gasteiger partial charge in [-0.3, -0.25) is 4.79 Å². The minimum atomic E-state index is -0.422. The molecule has 0 bridgehead atoms. The smallest absolute Gasteiger partial charge is 0.269 e. The van der Waals surface area contributed by atoms with E-state index >= 15 is 0 Å². The molecule has 0 atom stereocenters. The Morgan fingerprint density at radius 1 is 1.50 bits per heavy atom. The summed E-state index contributed by atoms with van der Waals surface area (Å²) in [4.78, 5) is 17.8. The third-order valence-electron chi connectivity index (χ3n) is 2.20. The van der Waals surface area contributed by atoms with Crippen molar-refractivity contribution in [3.05, 3.63) is 39.6 Å². The van der Waals surface area contributed by atoms with Crippen LogP contribution in [0.15, 0.2) is 16.9 Å². The number of aromatic nitrogens is 2. The van der Waals surface area contributed by atoms with Crippen LogP contribution in [-0.4, -0.2) is 9.97 Å². The van der Waals surface area contributed by atoms with E-state index in [1.165, 1.54) is 0 Å². The molecule has 0 unspecified atom stereocenters. The number of fused-ring (bicyclic) bond motifs is 1. The van der Waals surface area contributed by atoms with Crippen LogP contribution in [0.3, 0.4) is 0 Å². The molecule has 2 rings (SSSR count). The van der Waals surface area contributed by atoms with Gasteiger partial charge in [0.05, 0.1) is 5.52 Å². The monoisotopic (exact) mass is 350 g/mol. The summed E-state index contributed by atoms with van der Waals surface area (Å²) in [7, 11) is 0. The van der Waals surface area contributed by atoms with Crippen molar-refractivity contribution < 1.29 is 4.39 Å². The fraction of sp³-hybridized carbons (Fsp3) is 0.200. The van der Waals surface area contributed by atoms with Crippen molar-refractivity contribution in [1.29, 1.82) is 0 Å². The van der Waals surface area contributed by atoms with E-state index in [-0.39, 0.29) is 28.1 Å². The summed E-state index contributed by atoms with van der Waals surface area (Å²) in [6.07, 6.45) is 0. The molecule has 6 heteroatoms. The van der Waals surface area contributed by atoms with E-state index < -0.39 is 5.82 Å². The van der Waals surface area contributed by atoms with E-state index in [1.54, 1.807) is 19.1 Å². The van der Waals surface area contributed by atoms with Crippen molar-refractivity contribution in [1.82, 2.24) is 9.97 Å². The van der Waals surface area contributed by atoms with Crippen molar-refractivity contribution in [2.75, 3.05) is 0 Å². The van der Waals surface area contributed by atoms with Gasteiger partial charge in [-0.25, -0.2) is 9.37 Å². The highest BCUT2D eigenvalue weighted by atomic mass is 79.9. The molecule has 3 nitrogen and oxygen atoms in total. The number of halogens is 3. The second-order valence-electron chi connectivity index (χ2n) is 3.22. The number of benzene rings is 1. The van der Waals surface area contributed by atoms with Crippen LogP contribution in [0, 0.1) is 12.7 Å². The van der Waals surface area contributed by atoms with Crippen molar-refractivity contribution in [3.8, 4) is 0 Å². The number of aryl methyl sites for hydroxylation is 1. The molecule has 1 aromatic heterocycles. The minimum Gasteiger partial charge on any atom is -0.317 e. The molecule has 0 fully saturated rings. The number of hydrogen-bond donors (Lipinski definition) is 1. The molecule has 16 heavy (non-hydrogen) atoms. The quantitative estimate of drug-likeness (QED) is 0.803. The van der Waals surface area contributed by atoms with Crippen molar-refractivity contribution in [3.63, 3.8) is 0 Å². The highest BCUT2D eigenvalue weighted by molar-refractivity contribution is 9.08. The van der Waals surface area contributed by atoms with Gasteiger partial charge in [0.2, 0.25) is 0 Å². The largest absolute Gasteiger partial charge is 0.317 e. The Balaban J connectivity index is 0.00000128. The number of hydrogen-bond acceptors (Lipinski definition) is 2. The van der Waals surface area contributed by atoms with Gasteiger partial charge in [-0.2, -0.15) is 0 Å². The second-order valence-corrected chi connectivity index (χ2v) is 3.78. The van der Waals surface area contributed by atoms with Gasteiger partial charge in [0.1, 0.15) is 11.2 Å². The average Bonchev–Trinajstić information content (AvgIpc) is 2.22. The van der Waals surface area contributed by atoms with Gasteiger partial charge < -0.3 is 4.98 Å². The summed E-state index contributed by atoms with van der Waals surface area (Å²) >= 11 is 3.17. The van der Waals surface area contributed by atoms with Crippen molar-refractivity contribution in [2.24, 2.45) is 0 Å². The van der Waals surface area contributed by atoms with Gasteiger partial charge >= 0.3 is 0 Å². The number of alkyl halides is 1. The molecule has 1 N–H and O–H groups in total. The van der Waals surface area contributed by atoms with Crippen LogP contribution in [0.4, 0.5) is 4.39 Å². The van der Waals surface area contributed by atoms with Gasteiger partial charge in [0.15, 0.2) is 5.82 Å². The molecule has 0 saturated carbocycles. The third kappa shape index (κ3) is 2.17. The molecule has 0 aliphatic carbocycles. The Labute approximate surface area is 110 Å². The molecule has 86 valence electrons. The van der Waals surface area contributed by atoms with Crippen LogP contribution in [-0.2, 0) is 5.33 Å². The maximum Gasteiger partial charge on any atom is 0.269 e. The summed E-state index contributed by atoms with van der Waals surface area (Å²) in [5.74, 6) is -0.422. The normalized spacial score (nSPS) is 10.2. The molecular formula is C10H9Br2FN2O. The summed E-state index contributed by atoms with van der Waals surface area (Å²) < 4.78 is 13.7. The first kappa shape index (κ1) is 13.3.